The van der Waals surface area contributed by atoms with E-state index in [0.29, 0.717) is 6.54 Å². The summed E-state index contributed by atoms with van der Waals surface area (Å²) in [7, 11) is 1.71. The van der Waals surface area contributed by atoms with Gasteiger partial charge in [0.05, 0.1) is 13.7 Å². The van der Waals surface area contributed by atoms with Crippen LogP contribution in [0.2, 0.25) is 0 Å². The van der Waals surface area contributed by atoms with Crippen LogP contribution in [0.5, 0.6) is 5.75 Å². The molecule has 1 saturated heterocycles. The van der Waals surface area contributed by atoms with E-state index in [0.717, 1.165) is 40.4 Å². The van der Waals surface area contributed by atoms with Crippen molar-refractivity contribution in [2.75, 3.05) is 25.1 Å². The minimum absolute atomic E-state index is 0.675. The van der Waals surface area contributed by atoms with Gasteiger partial charge in [-0.25, -0.2) is 4.68 Å². The monoisotopic (exact) mass is 343 g/mol. The maximum atomic E-state index is 5.57. The van der Waals surface area contributed by atoms with E-state index in [2.05, 4.69) is 37.8 Å². The van der Waals surface area contributed by atoms with Crippen molar-refractivity contribution < 1.29 is 4.74 Å². The van der Waals surface area contributed by atoms with Crippen LogP contribution in [0.1, 0.15) is 35.1 Å². The average Bonchev–Trinajstić information content (AvgIpc) is 3.07. The summed E-state index contributed by atoms with van der Waals surface area (Å²) in [6.07, 6.45) is 2.48. The molecule has 0 radical (unpaired) electrons. The SMILES string of the molecule is COc1ccc(C)c(Cn2nc(N3CCCC3)c(C)cc2=S)c1C. The number of hydrogen-bond acceptors (Lipinski definition) is 4. The topological polar surface area (TPSA) is 30.3 Å². The standard InChI is InChI=1S/C19H25N3OS/c1-13-7-8-17(23-4)15(3)16(13)12-22-18(24)11-14(2)19(20-22)21-9-5-6-10-21/h7-8,11H,5-6,9-10,12H2,1-4H3. The van der Waals surface area contributed by atoms with E-state index in [4.69, 9.17) is 22.1 Å². The molecular weight excluding hydrogens is 318 g/mol. The molecule has 3 rings (SSSR count). The van der Waals surface area contributed by atoms with Gasteiger partial charge in [0.15, 0.2) is 5.82 Å². The van der Waals surface area contributed by atoms with Gasteiger partial charge in [0.25, 0.3) is 0 Å². The zero-order valence-corrected chi connectivity index (χ0v) is 15.7. The zero-order valence-electron chi connectivity index (χ0n) is 14.9. The van der Waals surface area contributed by atoms with Gasteiger partial charge in [0.1, 0.15) is 10.4 Å². The summed E-state index contributed by atoms with van der Waals surface area (Å²) in [5.74, 6) is 1.98. The normalized spacial score (nSPS) is 14.2. The molecule has 0 aliphatic carbocycles. The molecule has 24 heavy (non-hydrogen) atoms. The lowest BCUT2D eigenvalue weighted by Gasteiger charge is -2.21. The molecule has 5 heteroatoms. The second-order valence-corrected chi connectivity index (χ2v) is 6.95. The van der Waals surface area contributed by atoms with Crippen molar-refractivity contribution >= 4 is 18.0 Å². The Balaban J connectivity index is 2.01. The summed E-state index contributed by atoms with van der Waals surface area (Å²) in [4.78, 5) is 2.37. The lowest BCUT2D eigenvalue weighted by molar-refractivity contribution is 0.410. The van der Waals surface area contributed by atoms with E-state index >= 15 is 0 Å². The molecule has 1 aromatic heterocycles. The first-order chi connectivity index (χ1) is 11.5. The van der Waals surface area contributed by atoms with E-state index in [1.54, 1.807) is 7.11 Å². The predicted octanol–water partition coefficient (Wildman–Crippen LogP) is 4.19. The molecule has 0 amide bonds. The maximum absolute atomic E-state index is 5.57. The van der Waals surface area contributed by atoms with Crippen LogP contribution in [-0.4, -0.2) is 30.0 Å². The molecular formula is C19H25N3OS. The number of anilines is 1. The number of aromatic nitrogens is 2. The highest BCUT2D eigenvalue weighted by atomic mass is 32.1. The third-order valence-electron chi connectivity index (χ3n) is 4.88. The fourth-order valence-electron chi connectivity index (χ4n) is 3.41. The Labute approximate surface area is 149 Å². The fourth-order valence-corrected chi connectivity index (χ4v) is 3.69. The smallest absolute Gasteiger partial charge is 0.152 e. The van der Waals surface area contributed by atoms with Crippen molar-refractivity contribution in [3.05, 3.63) is 45.1 Å². The van der Waals surface area contributed by atoms with Crippen LogP contribution in [0.3, 0.4) is 0 Å². The molecule has 2 heterocycles. The molecule has 0 N–H and O–H groups in total. The molecule has 0 atom stereocenters. The van der Waals surface area contributed by atoms with Gasteiger partial charge in [-0.3, -0.25) is 0 Å². The third kappa shape index (κ3) is 3.18. The second kappa shape index (κ2) is 6.93. The van der Waals surface area contributed by atoms with Gasteiger partial charge in [-0.15, -0.1) is 0 Å². The van der Waals surface area contributed by atoms with Gasteiger partial charge in [0, 0.05) is 13.1 Å². The maximum Gasteiger partial charge on any atom is 0.152 e. The van der Waals surface area contributed by atoms with Crippen molar-refractivity contribution in [2.45, 2.75) is 40.2 Å². The summed E-state index contributed by atoms with van der Waals surface area (Å²) < 4.78 is 8.19. The van der Waals surface area contributed by atoms with Crippen molar-refractivity contribution in [1.82, 2.24) is 9.78 Å². The van der Waals surface area contributed by atoms with Gasteiger partial charge in [-0.1, -0.05) is 18.3 Å². The first-order valence-corrected chi connectivity index (χ1v) is 8.89. The highest BCUT2D eigenvalue weighted by Crippen LogP contribution is 2.26. The molecule has 0 spiro atoms. The van der Waals surface area contributed by atoms with Gasteiger partial charge in [-0.2, -0.15) is 5.10 Å². The highest BCUT2D eigenvalue weighted by molar-refractivity contribution is 7.71. The molecule has 1 aliphatic rings. The first-order valence-electron chi connectivity index (χ1n) is 8.48. The predicted molar refractivity (Wildman–Crippen MR) is 101 cm³/mol. The van der Waals surface area contributed by atoms with Crippen LogP contribution in [0, 0.1) is 25.4 Å². The summed E-state index contributed by atoms with van der Waals surface area (Å²) in [5.41, 5.74) is 4.79. The molecule has 1 aromatic carbocycles. The van der Waals surface area contributed by atoms with E-state index in [1.807, 2.05) is 10.7 Å². The largest absolute Gasteiger partial charge is 0.496 e. The van der Waals surface area contributed by atoms with Crippen LogP contribution < -0.4 is 9.64 Å². The Kier molecular flexibility index (Phi) is 4.90. The number of ether oxygens (including phenoxy) is 1. The fraction of sp³-hybridized carbons (Fsp3) is 0.474. The van der Waals surface area contributed by atoms with Crippen LogP contribution in [0.25, 0.3) is 0 Å². The van der Waals surface area contributed by atoms with Crippen LogP contribution in [0.15, 0.2) is 18.2 Å². The third-order valence-corrected chi connectivity index (χ3v) is 5.21. The minimum Gasteiger partial charge on any atom is -0.496 e. The van der Waals surface area contributed by atoms with E-state index in [1.165, 1.54) is 24.0 Å². The van der Waals surface area contributed by atoms with Gasteiger partial charge >= 0.3 is 0 Å². The van der Waals surface area contributed by atoms with Crippen molar-refractivity contribution in [3.63, 3.8) is 0 Å². The summed E-state index contributed by atoms with van der Waals surface area (Å²) >= 11 is 5.57. The van der Waals surface area contributed by atoms with Gasteiger partial charge < -0.3 is 9.64 Å². The molecule has 4 nitrogen and oxygen atoms in total. The quantitative estimate of drug-likeness (QED) is 0.779. The van der Waals surface area contributed by atoms with Crippen LogP contribution in [0.4, 0.5) is 5.82 Å². The molecule has 0 unspecified atom stereocenters. The van der Waals surface area contributed by atoms with E-state index in [9.17, 15) is 0 Å². The Morgan fingerprint density at radius 1 is 1.12 bits per heavy atom. The Hall–Kier alpha value is -1.88. The summed E-state index contributed by atoms with van der Waals surface area (Å²) in [6.45, 7) is 9.17. The van der Waals surface area contributed by atoms with Crippen molar-refractivity contribution in [3.8, 4) is 5.75 Å². The number of benzene rings is 1. The Morgan fingerprint density at radius 2 is 1.83 bits per heavy atom. The Bertz CT molecular complexity index is 807. The van der Waals surface area contributed by atoms with Crippen molar-refractivity contribution in [2.24, 2.45) is 0 Å². The molecule has 2 aromatic rings. The molecule has 0 saturated carbocycles. The number of methoxy groups -OCH3 is 1. The molecule has 1 fully saturated rings. The lowest BCUT2D eigenvalue weighted by Crippen LogP contribution is -2.23. The summed E-state index contributed by atoms with van der Waals surface area (Å²) in [5, 5.41) is 4.88. The zero-order chi connectivity index (χ0) is 17.3. The number of hydrogen-bond donors (Lipinski definition) is 0. The lowest BCUT2D eigenvalue weighted by atomic mass is 10.0. The minimum atomic E-state index is 0.675. The highest BCUT2D eigenvalue weighted by Gasteiger charge is 2.17. The van der Waals surface area contributed by atoms with E-state index < -0.39 is 0 Å². The Morgan fingerprint density at radius 3 is 2.50 bits per heavy atom. The van der Waals surface area contributed by atoms with Gasteiger partial charge in [0.2, 0.25) is 0 Å². The number of rotatable bonds is 4. The summed E-state index contributed by atoms with van der Waals surface area (Å²) in [6, 6.07) is 6.19. The molecule has 128 valence electrons. The molecule has 0 bridgehead atoms. The van der Waals surface area contributed by atoms with Crippen LogP contribution >= 0.6 is 12.2 Å². The van der Waals surface area contributed by atoms with Crippen LogP contribution in [-0.2, 0) is 6.54 Å². The van der Waals surface area contributed by atoms with E-state index in [-0.39, 0.29) is 0 Å². The number of aryl methyl sites for hydroxylation is 2. The number of nitrogens with zero attached hydrogens (tertiary/aromatic N) is 3. The van der Waals surface area contributed by atoms with Crippen molar-refractivity contribution in [1.29, 1.82) is 0 Å². The second-order valence-electron chi connectivity index (χ2n) is 6.53. The average molecular weight is 343 g/mol. The first kappa shape index (κ1) is 17.0. The van der Waals surface area contributed by atoms with Gasteiger partial charge in [-0.05, 0) is 68.0 Å². The molecule has 1 aliphatic heterocycles.